The van der Waals surface area contributed by atoms with Gasteiger partial charge in [0.25, 0.3) is 0 Å². The van der Waals surface area contributed by atoms with Gasteiger partial charge in [-0.3, -0.25) is 14.3 Å². The average Bonchev–Trinajstić information content (AvgIpc) is 3.18. The minimum atomic E-state index is -1.20. The van der Waals surface area contributed by atoms with E-state index in [-0.39, 0.29) is 11.8 Å². The number of allylic oxidation sites excluding steroid dienone is 3. The number of hydrogen-bond acceptors (Lipinski definition) is 8. The van der Waals surface area contributed by atoms with E-state index in [0.717, 1.165) is 5.57 Å². The molecule has 1 saturated heterocycles. The first-order valence-corrected chi connectivity index (χ1v) is 13.4. The zero-order valence-electron chi connectivity index (χ0n) is 23.2. The fraction of sp³-hybridized carbons (Fsp3) is 0.516. The monoisotopic (exact) mass is 538 g/mol. The predicted octanol–water partition coefficient (Wildman–Crippen LogP) is 4.88. The van der Waals surface area contributed by atoms with E-state index >= 15 is 0 Å². The van der Waals surface area contributed by atoms with Crippen LogP contribution in [-0.2, 0) is 28.5 Å². The van der Waals surface area contributed by atoms with Crippen LogP contribution in [0.5, 0.6) is 0 Å². The van der Waals surface area contributed by atoms with Crippen molar-refractivity contribution in [3.8, 4) is 0 Å². The minimum absolute atomic E-state index is 0.0487. The number of hydrogen-bond donors (Lipinski definition) is 1. The average molecular weight is 539 g/mol. The maximum atomic E-state index is 13.1. The number of aliphatic hydroxyl groups excluding tert-OH is 1. The van der Waals surface area contributed by atoms with Crippen molar-refractivity contribution in [3.05, 3.63) is 71.8 Å². The van der Waals surface area contributed by atoms with Crippen LogP contribution in [0.1, 0.15) is 64.2 Å². The summed E-state index contributed by atoms with van der Waals surface area (Å²) in [7, 11) is 0. The highest BCUT2D eigenvalue weighted by Crippen LogP contribution is 2.67. The summed E-state index contributed by atoms with van der Waals surface area (Å²) >= 11 is 0. The smallest absolute Gasteiger partial charge is 0.338 e. The lowest BCUT2D eigenvalue weighted by Crippen LogP contribution is -2.63. The Morgan fingerprint density at radius 2 is 1.74 bits per heavy atom. The van der Waals surface area contributed by atoms with Crippen molar-refractivity contribution < 1.29 is 38.4 Å². The Labute approximate surface area is 229 Å². The third-order valence-electron chi connectivity index (χ3n) is 8.85. The second-order valence-electron chi connectivity index (χ2n) is 11.2. The Morgan fingerprint density at radius 1 is 1.08 bits per heavy atom. The molecule has 210 valence electrons. The largest absolute Gasteiger partial charge is 0.455 e. The van der Waals surface area contributed by atoms with E-state index in [1.54, 1.807) is 36.4 Å². The molecule has 0 bridgehead atoms. The Hall–Kier alpha value is -3.23. The molecule has 0 aromatic heterocycles. The molecule has 0 radical (unpaired) electrons. The van der Waals surface area contributed by atoms with Gasteiger partial charge in [0.2, 0.25) is 12.6 Å². The molecule has 2 fully saturated rings. The summed E-state index contributed by atoms with van der Waals surface area (Å²) in [6, 6.07) is 8.70. The Kier molecular flexibility index (Phi) is 8.19. The molecule has 0 unspecified atom stereocenters. The molecule has 1 aliphatic heterocycles. The van der Waals surface area contributed by atoms with Crippen LogP contribution in [0.25, 0.3) is 0 Å². The molecule has 1 spiro atoms. The fourth-order valence-corrected chi connectivity index (χ4v) is 6.65. The molecule has 1 aromatic carbocycles. The van der Waals surface area contributed by atoms with Crippen LogP contribution in [0, 0.1) is 22.7 Å². The van der Waals surface area contributed by atoms with Crippen LogP contribution >= 0.6 is 0 Å². The van der Waals surface area contributed by atoms with Crippen LogP contribution in [0.3, 0.4) is 0 Å². The molecule has 2 aliphatic carbocycles. The Bertz CT molecular complexity index is 1190. The second-order valence-corrected chi connectivity index (χ2v) is 11.2. The molecule has 1 aromatic rings. The van der Waals surface area contributed by atoms with E-state index in [1.165, 1.54) is 13.8 Å². The van der Waals surface area contributed by atoms with E-state index in [0.29, 0.717) is 30.4 Å². The van der Waals surface area contributed by atoms with Crippen molar-refractivity contribution >= 4 is 17.9 Å². The normalized spacial score (nSPS) is 35.6. The lowest BCUT2D eigenvalue weighted by molar-refractivity contribution is -0.253. The number of benzene rings is 1. The lowest BCUT2D eigenvalue weighted by atomic mass is 9.45. The van der Waals surface area contributed by atoms with E-state index in [4.69, 9.17) is 18.9 Å². The highest BCUT2D eigenvalue weighted by Gasteiger charge is 2.71. The highest BCUT2D eigenvalue weighted by molar-refractivity contribution is 5.89. The topological polar surface area (TPSA) is 108 Å². The van der Waals surface area contributed by atoms with Gasteiger partial charge >= 0.3 is 17.9 Å². The third-order valence-corrected chi connectivity index (χ3v) is 8.85. The standard InChI is InChI=1S/C31H38O8/c1-7-18(2)13-14-30(6)19(3)15-26(34)31-24(28(36-20(4)32)39-29(31)37-21(5)33)16-23(17-25(30)31)38-27(35)22-11-9-8-10-12-22/h7-13,16,19,23,25-26,28-29,34H,1,14-15,17H2,2-6H3/t19-,23+,25+,26+,28+,29+,30-,31-/m1/s1. The molecule has 1 heterocycles. The second kappa shape index (κ2) is 11.1. The summed E-state index contributed by atoms with van der Waals surface area (Å²) in [6.07, 6.45) is 2.97. The van der Waals surface area contributed by atoms with Gasteiger partial charge in [0.05, 0.1) is 17.1 Å². The maximum absolute atomic E-state index is 13.1. The maximum Gasteiger partial charge on any atom is 0.338 e. The minimum Gasteiger partial charge on any atom is -0.455 e. The van der Waals surface area contributed by atoms with Crippen LogP contribution in [0.2, 0.25) is 0 Å². The number of esters is 3. The molecular formula is C31H38O8. The Balaban J connectivity index is 1.87. The van der Waals surface area contributed by atoms with Gasteiger partial charge in [0.15, 0.2) is 0 Å². The van der Waals surface area contributed by atoms with Crippen LogP contribution in [0.4, 0.5) is 0 Å². The van der Waals surface area contributed by atoms with Gasteiger partial charge < -0.3 is 19.3 Å². The van der Waals surface area contributed by atoms with Crippen molar-refractivity contribution in [2.24, 2.45) is 22.7 Å². The van der Waals surface area contributed by atoms with E-state index in [9.17, 15) is 19.5 Å². The van der Waals surface area contributed by atoms with Gasteiger partial charge in [-0.1, -0.05) is 56.4 Å². The van der Waals surface area contributed by atoms with Gasteiger partial charge in [-0.25, -0.2) is 4.79 Å². The molecule has 0 amide bonds. The number of carbonyl (C=O) groups is 3. The SMILES string of the molecule is C=CC(C)=CC[C@]1(C)[C@H](C)C[C@H](O)[C@@]23C(=C[C@H](OC(=O)c4ccccc4)C[C@@H]12)[C@@H](OC(C)=O)O[C@@H]3OC(C)=O. The van der Waals surface area contributed by atoms with Crippen molar-refractivity contribution in [3.63, 3.8) is 0 Å². The first kappa shape index (κ1) is 28.8. The Morgan fingerprint density at radius 3 is 2.36 bits per heavy atom. The summed E-state index contributed by atoms with van der Waals surface area (Å²) in [5.41, 5.74) is 0.251. The third kappa shape index (κ3) is 5.20. The molecule has 4 rings (SSSR count). The van der Waals surface area contributed by atoms with E-state index < -0.39 is 53.5 Å². The molecule has 1 N–H and O–H groups in total. The number of rotatable bonds is 7. The zero-order valence-corrected chi connectivity index (χ0v) is 23.2. The zero-order chi connectivity index (χ0) is 28.5. The summed E-state index contributed by atoms with van der Waals surface area (Å²) in [4.78, 5) is 37.4. The summed E-state index contributed by atoms with van der Waals surface area (Å²) in [6.45, 7) is 12.6. The van der Waals surface area contributed by atoms with E-state index in [2.05, 4.69) is 26.5 Å². The molecule has 8 atom stereocenters. The van der Waals surface area contributed by atoms with E-state index in [1.807, 2.05) is 13.0 Å². The summed E-state index contributed by atoms with van der Waals surface area (Å²) in [5, 5.41) is 11.8. The quantitative estimate of drug-likeness (QED) is 0.226. The highest BCUT2D eigenvalue weighted by atomic mass is 16.8. The van der Waals surface area contributed by atoms with Crippen LogP contribution in [0.15, 0.2) is 66.3 Å². The first-order chi connectivity index (χ1) is 18.4. The molecule has 1 saturated carbocycles. The fourth-order valence-electron chi connectivity index (χ4n) is 6.65. The number of aliphatic hydroxyl groups is 1. The molecular weight excluding hydrogens is 500 g/mol. The molecule has 3 aliphatic rings. The summed E-state index contributed by atoms with van der Waals surface area (Å²) < 4.78 is 23.3. The number of ether oxygens (including phenoxy) is 4. The van der Waals surface area contributed by atoms with Crippen LogP contribution < -0.4 is 0 Å². The lowest BCUT2D eigenvalue weighted by Gasteiger charge is -2.60. The van der Waals surface area contributed by atoms with Crippen molar-refractivity contribution in [1.82, 2.24) is 0 Å². The van der Waals surface area contributed by atoms with Gasteiger partial charge in [-0.05, 0) is 61.6 Å². The molecule has 8 nitrogen and oxygen atoms in total. The van der Waals surface area contributed by atoms with Gasteiger partial charge in [-0.15, -0.1) is 0 Å². The van der Waals surface area contributed by atoms with Gasteiger partial charge in [0.1, 0.15) is 6.10 Å². The van der Waals surface area contributed by atoms with Crippen molar-refractivity contribution in [1.29, 1.82) is 0 Å². The van der Waals surface area contributed by atoms with Gasteiger partial charge in [-0.2, -0.15) is 0 Å². The number of carbonyl (C=O) groups excluding carboxylic acids is 3. The van der Waals surface area contributed by atoms with Crippen molar-refractivity contribution in [2.75, 3.05) is 0 Å². The summed E-state index contributed by atoms with van der Waals surface area (Å²) in [5.74, 6) is -1.98. The molecule has 39 heavy (non-hydrogen) atoms. The molecule has 8 heteroatoms. The van der Waals surface area contributed by atoms with Crippen molar-refractivity contribution in [2.45, 2.75) is 78.7 Å². The van der Waals surface area contributed by atoms with Gasteiger partial charge in [0, 0.05) is 19.4 Å². The van der Waals surface area contributed by atoms with Crippen LogP contribution in [-0.4, -0.2) is 47.8 Å². The first-order valence-electron chi connectivity index (χ1n) is 13.4. The predicted molar refractivity (Wildman–Crippen MR) is 143 cm³/mol.